The predicted octanol–water partition coefficient (Wildman–Crippen LogP) is 4.22. The number of nitrogens with zero attached hydrogens (tertiary/aromatic N) is 2. The highest BCUT2D eigenvalue weighted by molar-refractivity contribution is 14.1. The first kappa shape index (κ1) is 22.1. The maximum Gasteiger partial charge on any atom is 0.271 e. The minimum Gasteiger partial charge on any atom is -0.507 e. The van der Waals surface area contributed by atoms with Crippen LogP contribution in [-0.2, 0) is 6.61 Å². The first-order valence-corrected chi connectivity index (χ1v) is 10.2. The van der Waals surface area contributed by atoms with Gasteiger partial charge in [-0.05, 0) is 70.6 Å². The third kappa shape index (κ3) is 5.73. The number of carbonyl (C=O) groups excluding carboxylic acids is 1. The van der Waals surface area contributed by atoms with E-state index >= 15 is 0 Å². The maximum atomic E-state index is 12.1. The molecule has 0 aromatic heterocycles. The maximum absolute atomic E-state index is 12.1. The van der Waals surface area contributed by atoms with Crippen molar-refractivity contribution in [2.24, 2.45) is 5.10 Å². The summed E-state index contributed by atoms with van der Waals surface area (Å²) in [6, 6.07) is 19.2. The Bertz CT molecular complexity index is 1170. The molecule has 0 atom stereocenters. The molecule has 7 nitrogen and oxygen atoms in total. The third-order valence-corrected chi connectivity index (χ3v) is 5.21. The summed E-state index contributed by atoms with van der Waals surface area (Å²) >= 11 is 1.97. The Morgan fingerprint density at radius 3 is 2.74 bits per heavy atom. The average Bonchev–Trinajstić information content (AvgIpc) is 2.79. The number of phenols is 1. The zero-order valence-electron chi connectivity index (χ0n) is 16.5. The lowest BCUT2D eigenvalue weighted by Gasteiger charge is -2.12. The van der Waals surface area contributed by atoms with Gasteiger partial charge < -0.3 is 14.6 Å². The summed E-state index contributed by atoms with van der Waals surface area (Å²) in [7, 11) is 1.53. The molecule has 0 aliphatic heterocycles. The highest BCUT2D eigenvalue weighted by atomic mass is 127. The SMILES string of the molecule is COc1cc(/C=N\NC(=O)c2ccc(I)c(O)c2)ccc1OCc1ccccc1C#N. The normalized spacial score (nSPS) is 10.5. The van der Waals surface area contributed by atoms with Crippen LogP contribution < -0.4 is 14.9 Å². The molecule has 0 saturated heterocycles. The highest BCUT2D eigenvalue weighted by Gasteiger charge is 2.09. The molecule has 156 valence electrons. The zero-order chi connectivity index (χ0) is 22.2. The van der Waals surface area contributed by atoms with Crippen LogP contribution in [0.3, 0.4) is 0 Å². The number of methoxy groups -OCH3 is 1. The first-order valence-electron chi connectivity index (χ1n) is 9.12. The summed E-state index contributed by atoms with van der Waals surface area (Å²) in [6.45, 7) is 0.229. The lowest BCUT2D eigenvalue weighted by Crippen LogP contribution is -2.17. The second-order valence-electron chi connectivity index (χ2n) is 6.33. The molecule has 0 fully saturated rings. The molecule has 3 aromatic rings. The van der Waals surface area contributed by atoms with E-state index in [0.717, 1.165) is 5.56 Å². The predicted molar refractivity (Wildman–Crippen MR) is 124 cm³/mol. The number of benzene rings is 3. The number of hydrogen-bond donors (Lipinski definition) is 2. The number of hydrogen-bond acceptors (Lipinski definition) is 6. The number of amides is 1. The fraction of sp³-hybridized carbons (Fsp3) is 0.0870. The van der Waals surface area contributed by atoms with Crippen LogP contribution in [0.4, 0.5) is 0 Å². The molecule has 2 N–H and O–H groups in total. The number of aromatic hydroxyl groups is 1. The molecule has 31 heavy (non-hydrogen) atoms. The van der Waals surface area contributed by atoms with Crippen LogP contribution in [0.1, 0.15) is 27.0 Å². The molecule has 0 heterocycles. The van der Waals surface area contributed by atoms with Crippen LogP contribution in [0.15, 0.2) is 65.8 Å². The molecule has 1 amide bonds. The van der Waals surface area contributed by atoms with Gasteiger partial charge in [-0.2, -0.15) is 10.4 Å². The van der Waals surface area contributed by atoms with Gasteiger partial charge in [-0.3, -0.25) is 4.79 Å². The Balaban J connectivity index is 1.65. The fourth-order valence-electron chi connectivity index (χ4n) is 2.68. The van der Waals surface area contributed by atoms with Gasteiger partial charge in [0.1, 0.15) is 12.4 Å². The van der Waals surface area contributed by atoms with Crippen LogP contribution in [0.2, 0.25) is 0 Å². The minimum atomic E-state index is -0.439. The molecule has 8 heteroatoms. The van der Waals surface area contributed by atoms with E-state index in [-0.39, 0.29) is 12.4 Å². The molecule has 0 aliphatic carbocycles. The summed E-state index contributed by atoms with van der Waals surface area (Å²) in [5.41, 5.74) is 4.74. The molecule has 0 aliphatic rings. The minimum absolute atomic E-state index is 0.0370. The molecule has 0 radical (unpaired) electrons. The second-order valence-corrected chi connectivity index (χ2v) is 7.50. The highest BCUT2D eigenvalue weighted by Crippen LogP contribution is 2.28. The Kier molecular flexibility index (Phi) is 7.45. The van der Waals surface area contributed by atoms with E-state index < -0.39 is 5.91 Å². The van der Waals surface area contributed by atoms with E-state index in [9.17, 15) is 15.2 Å². The number of rotatable bonds is 7. The Labute approximate surface area is 193 Å². The molecule has 0 saturated carbocycles. The van der Waals surface area contributed by atoms with Crippen LogP contribution in [0.25, 0.3) is 0 Å². The lowest BCUT2D eigenvalue weighted by atomic mass is 10.1. The third-order valence-electron chi connectivity index (χ3n) is 4.30. The van der Waals surface area contributed by atoms with Crippen molar-refractivity contribution >= 4 is 34.7 Å². The van der Waals surface area contributed by atoms with Gasteiger partial charge in [0.05, 0.1) is 28.5 Å². The van der Waals surface area contributed by atoms with Crippen molar-refractivity contribution in [1.82, 2.24) is 5.43 Å². The summed E-state index contributed by atoms with van der Waals surface area (Å²) in [4.78, 5) is 12.1. The van der Waals surface area contributed by atoms with Crippen LogP contribution in [-0.4, -0.2) is 24.3 Å². The topological polar surface area (TPSA) is 104 Å². The lowest BCUT2D eigenvalue weighted by molar-refractivity contribution is 0.0954. The van der Waals surface area contributed by atoms with E-state index in [1.807, 2.05) is 34.7 Å². The van der Waals surface area contributed by atoms with Crippen molar-refractivity contribution in [2.75, 3.05) is 7.11 Å². The molecule has 0 spiro atoms. The monoisotopic (exact) mass is 527 g/mol. The van der Waals surface area contributed by atoms with Crippen molar-refractivity contribution in [3.05, 3.63) is 86.5 Å². The standard InChI is InChI=1S/C23H18IN3O4/c1-30-22-10-15(13-26-27-23(29)16-7-8-19(24)20(28)11-16)6-9-21(22)31-14-18-5-3-2-4-17(18)12-25/h2-11,13,28H,14H2,1H3,(H,27,29)/b26-13-. The molecule has 3 rings (SSSR count). The van der Waals surface area contributed by atoms with Crippen molar-refractivity contribution in [3.63, 3.8) is 0 Å². The van der Waals surface area contributed by atoms with Crippen LogP contribution in [0.5, 0.6) is 17.2 Å². The van der Waals surface area contributed by atoms with E-state index in [2.05, 4.69) is 16.6 Å². The van der Waals surface area contributed by atoms with Gasteiger partial charge in [0.2, 0.25) is 0 Å². The number of phenolic OH excluding ortho intramolecular Hbond substituents is 1. The summed E-state index contributed by atoms with van der Waals surface area (Å²) in [5.74, 6) is 0.610. The number of nitriles is 1. The van der Waals surface area contributed by atoms with Crippen molar-refractivity contribution in [3.8, 4) is 23.3 Å². The van der Waals surface area contributed by atoms with Gasteiger partial charge in [-0.15, -0.1) is 0 Å². The quantitative estimate of drug-likeness (QED) is 0.272. The van der Waals surface area contributed by atoms with E-state index in [1.165, 1.54) is 19.4 Å². The number of hydrazone groups is 1. The van der Waals surface area contributed by atoms with Crippen molar-refractivity contribution in [2.45, 2.75) is 6.61 Å². The van der Waals surface area contributed by atoms with E-state index in [4.69, 9.17) is 9.47 Å². The zero-order valence-corrected chi connectivity index (χ0v) is 18.7. The first-order chi connectivity index (χ1) is 15.0. The Morgan fingerprint density at radius 2 is 2.00 bits per heavy atom. The Hall–Kier alpha value is -3.58. The van der Waals surface area contributed by atoms with Crippen molar-refractivity contribution < 1.29 is 19.4 Å². The smallest absolute Gasteiger partial charge is 0.271 e. The Morgan fingerprint density at radius 1 is 1.19 bits per heavy atom. The average molecular weight is 527 g/mol. The van der Waals surface area contributed by atoms with Crippen LogP contribution in [0, 0.1) is 14.9 Å². The molecule has 3 aromatic carbocycles. The summed E-state index contributed by atoms with van der Waals surface area (Å²) < 4.78 is 11.9. The molecule has 0 unspecified atom stereocenters. The number of halogens is 1. The molecule has 0 bridgehead atoms. The summed E-state index contributed by atoms with van der Waals surface area (Å²) in [6.07, 6.45) is 1.47. The van der Waals surface area contributed by atoms with Gasteiger partial charge in [0.15, 0.2) is 11.5 Å². The van der Waals surface area contributed by atoms with Gasteiger partial charge in [-0.1, -0.05) is 18.2 Å². The molecular weight excluding hydrogens is 509 g/mol. The van der Waals surface area contributed by atoms with Gasteiger partial charge in [0.25, 0.3) is 5.91 Å². The second kappa shape index (κ2) is 10.4. The number of nitrogens with one attached hydrogen (secondary N) is 1. The fourth-order valence-corrected chi connectivity index (χ4v) is 3.01. The largest absolute Gasteiger partial charge is 0.507 e. The van der Waals surface area contributed by atoms with Gasteiger partial charge in [0, 0.05) is 11.1 Å². The molecular formula is C23H18IN3O4. The van der Waals surface area contributed by atoms with E-state index in [1.54, 1.807) is 42.5 Å². The van der Waals surface area contributed by atoms with E-state index in [0.29, 0.717) is 31.8 Å². The van der Waals surface area contributed by atoms with Gasteiger partial charge >= 0.3 is 0 Å². The number of ether oxygens (including phenoxy) is 2. The number of carbonyl (C=O) groups is 1. The summed E-state index contributed by atoms with van der Waals surface area (Å²) in [5, 5.41) is 22.9. The van der Waals surface area contributed by atoms with Gasteiger partial charge in [-0.25, -0.2) is 5.43 Å². The van der Waals surface area contributed by atoms with Crippen LogP contribution >= 0.6 is 22.6 Å². The van der Waals surface area contributed by atoms with Crippen molar-refractivity contribution in [1.29, 1.82) is 5.26 Å².